The predicted molar refractivity (Wildman–Crippen MR) is 97.6 cm³/mol. The van der Waals surface area contributed by atoms with Crippen LogP contribution in [0.25, 0.3) is 10.9 Å². The Bertz CT molecular complexity index is 1020. The van der Waals surface area contributed by atoms with Gasteiger partial charge < -0.3 is 15.5 Å². The van der Waals surface area contributed by atoms with E-state index >= 15 is 0 Å². The lowest BCUT2D eigenvalue weighted by atomic mass is 10.1. The molecule has 0 bridgehead atoms. The summed E-state index contributed by atoms with van der Waals surface area (Å²) in [5.41, 5.74) is 1.14. The van der Waals surface area contributed by atoms with Gasteiger partial charge in [-0.1, -0.05) is 11.6 Å². The molecule has 0 aliphatic heterocycles. The average molecular weight is 375 g/mol. The molecule has 0 radical (unpaired) electrons. The van der Waals surface area contributed by atoms with Gasteiger partial charge in [0.15, 0.2) is 0 Å². The van der Waals surface area contributed by atoms with Gasteiger partial charge in [-0.25, -0.2) is 9.59 Å². The van der Waals surface area contributed by atoms with Gasteiger partial charge in [-0.05, 0) is 36.4 Å². The van der Waals surface area contributed by atoms with E-state index in [4.69, 9.17) is 16.7 Å². The summed E-state index contributed by atoms with van der Waals surface area (Å²) in [6, 6.07) is 8.95. The van der Waals surface area contributed by atoms with Crippen LogP contribution in [0, 0.1) is 0 Å². The quantitative estimate of drug-likeness (QED) is 0.508. The molecule has 2 aromatic carbocycles. The fourth-order valence-corrected chi connectivity index (χ4v) is 2.79. The number of nitrogens with one attached hydrogen (secondary N) is 1. The third-order valence-electron chi connectivity index (χ3n) is 3.57. The van der Waals surface area contributed by atoms with Gasteiger partial charge in [-0.3, -0.25) is 4.98 Å². The molecule has 126 valence electrons. The zero-order valence-corrected chi connectivity index (χ0v) is 14.2. The molecule has 0 amide bonds. The number of thiol groups is 1. The van der Waals surface area contributed by atoms with Crippen LogP contribution in [0.1, 0.15) is 20.7 Å². The van der Waals surface area contributed by atoms with Gasteiger partial charge in [0.25, 0.3) is 0 Å². The number of carbonyl (C=O) groups is 2. The van der Waals surface area contributed by atoms with Crippen LogP contribution in [-0.2, 0) is 0 Å². The Hall–Kier alpha value is -2.77. The van der Waals surface area contributed by atoms with E-state index in [0.717, 1.165) is 6.07 Å². The van der Waals surface area contributed by atoms with E-state index in [1.54, 1.807) is 18.2 Å². The van der Waals surface area contributed by atoms with Crippen LogP contribution in [-0.4, -0.2) is 27.1 Å². The largest absolute Gasteiger partial charge is 0.478 e. The number of fused-ring (bicyclic) bond motifs is 1. The third kappa shape index (κ3) is 3.38. The standard InChI is InChI=1S/C17H11ClN2O4S/c18-9-2-4-12-10(6-9)15(14(25)7-19-12)20-13-3-1-8(16(21)22)5-11(13)17(23)24/h1-7,25H,(H,19,20)(H,21,22)(H,23,24). The lowest BCUT2D eigenvalue weighted by Gasteiger charge is -2.14. The number of benzene rings is 2. The number of rotatable bonds is 4. The molecule has 6 nitrogen and oxygen atoms in total. The number of aromatic nitrogens is 1. The van der Waals surface area contributed by atoms with E-state index in [-0.39, 0.29) is 16.8 Å². The molecule has 0 spiro atoms. The minimum atomic E-state index is -1.25. The van der Waals surface area contributed by atoms with E-state index in [1.165, 1.54) is 18.3 Å². The summed E-state index contributed by atoms with van der Waals surface area (Å²) < 4.78 is 0. The van der Waals surface area contributed by atoms with Crippen LogP contribution in [0.15, 0.2) is 47.5 Å². The van der Waals surface area contributed by atoms with Crippen LogP contribution in [0.2, 0.25) is 5.02 Å². The Kier molecular flexibility index (Phi) is 4.52. The summed E-state index contributed by atoms with van der Waals surface area (Å²) in [5, 5.41) is 22.6. The SMILES string of the molecule is O=C(O)c1ccc(Nc2c(S)cnc3ccc(Cl)cc23)c(C(=O)O)c1. The highest BCUT2D eigenvalue weighted by Gasteiger charge is 2.16. The number of halogens is 1. The average Bonchev–Trinajstić information content (AvgIpc) is 2.57. The maximum absolute atomic E-state index is 11.5. The van der Waals surface area contributed by atoms with Gasteiger partial charge in [0, 0.05) is 21.5 Å². The summed E-state index contributed by atoms with van der Waals surface area (Å²) in [5.74, 6) is -2.45. The monoisotopic (exact) mass is 374 g/mol. The first-order chi connectivity index (χ1) is 11.9. The van der Waals surface area contributed by atoms with Crippen molar-refractivity contribution in [1.82, 2.24) is 4.98 Å². The van der Waals surface area contributed by atoms with Crippen LogP contribution in [0.5, 0.6) is 0 Å². The van der Waals surface area contributed by atoms with Crippen LogP contribution >= 0.6 is 24.2 Å². The second-order valence-corrected chi connectivity index (χ2v) is 6.09. The maximum Gasteiger partial charge on any atom is 0.337 e. The Labute approximate surface area is 152 Å². The molecule has 0 saturated heterocycles. The fourth-order valence-electron chi connectivity index (χ4n) is 2.38. The van der Waals surface area contributed by atoms with Crippen LogP contribution in [0.4, 0.5) is 11.4 Å². The Balaban J connectivity index is 2.16. The van der Waals surface area contributed by atoms with Gasteiger partial charge >= 0.3 is 11.9 Å². The van der Waals surface area contributed by atoms with Gasteiger partial charge in [0.05, 0.1) is 28.0 Å². The molecule has 25 heavy (non-hydrogen) atoms. The maximum atomic E-state index is 11.5. The second-order valence-electron chi connectivity index (χ2n) is 5.18. The van der Waals surface area contributed by atoms with Gasteiger partial charge in [0.1, 0.15) is 0 Å². The normalized spacial score (nSPS) is 10.6. The van der Waals surface area contributed by atoms with Crippen molar-refractivity contribution in [3.8, 4) is 0 Å². The number of aromatic carboxylic acids is 2. The molecule has 1 heterocycles. The highest BCUT2D eigenvalue weighted by Crippen LogP contribution is 2.34. The molecule has 8 heteroatoms. The number of hydrogen-bond donors (Lipinski definition) is 4. The predicted octanol–water partition coefficient (Wildman–Crippen LogP) is 4.32. The topological polar surface area (TPSA) is 99.5 Å². The van der Waals surface area contributed by atoms with E-state index in [2.05, 4.69) is 22.9 Å². The van der Waals surface area contributed by atoms with E-state index in [0.29, 0.717) is 26.5 Å². The van der Waals surface area contributed by atoms with Crippen LogP contribution < -0.4 is 5.32 Å². The highest BCUT2D eigenvalue weighted by atomic mass is 35.5. The first kappa shape index (κ1) is 17.1. The van der Waals surface area contributed by atoms with E-state index in [9.17, 15) is 14.7 Å². The van der Waals surface area contributed by atoms with Crippen molar-refractivity contribution < 1.29 is 19.8 Å². The van der Waals surface area contributed by atoms with Crippen molar-refractivity contribution in [2.45, 2.75) is 4.90 Å². The molecular weight excluding hydrogens is 364 g/mol. The second kappa shape index (κ2) is 6.62. The van der Waals surface area contributed by atoms with Gasteiger partial charge in [-0.2, -0.15) is 0 Å². The Morgan fingerprint density at radius 3 is 2.52 bits per heavy atom. The number of hydrogen-bond acceptors (Lipinski definition) is 5. The van der Waals surface area contributed by atoms with Crippen molar-refractivity contribution in [2.75, 3.05) is 5.32 Å². The molecule has 3 rings (SSSR count). The summed E-state index contributed by atoms with van der Waals surface area (Å²) in [4.78, 5) is 27.3. The smallest absolute Gasteiger partial charge is 0.337 e. The highest BCUT2D eigenvalue weighted by molar-refractivity contribution is 7.80. The number of pyridine rings is 1. The Morgan fingerprint density at radius 1 is 1.08 bits per heavy atom. The van der Waals surface area contributed by atoms with E-state index < -0.39 is 11.9 Å². The Morgan fingerprint density at radius 2 is 1.84 bits per heavy atom. The number of carboxylic acids is 2. The van der Waals surface area contributed by atoms with Gasteiger partial charge in [-0.15, -0.1) is 12.6 Å². The summed E-state index contributed by atoms with van der Waals surface area (Å²) in [7, 11) is 0. The van der Waals surface area contributed by atoms with Crippen molar-refractivity contribution in [3.05, 3.63) is 58.7 Å². The molecule has 0 atom stereocenters. The molecule has 0 saturated carbocycles. The minimum absolute atomic E-state index is 0.114. The first-order valence-corrected chi connectivity index (χ1v) is 7.84. The summed E-state index contributed by atoms with van der Waals surface area (Å²) in [6.45, 7) is 0. The molecular formula is C17H11ClN2O4S. The molecule has 3 aromatic rings. The summed E-state index contributed by atoms with van der Waals surface area (Å²) in [6.07, 6.45) is 1.54. The molecule has 1 aromatic heterocycles. The van der Waals surface area contributed by atoms with Gasteiger partial charge in [0.2, 0.25) is 0 Å². The lowest BCUT2D eigenvalue weighted by molar-refractivity contribution is 0.0696. The minimum Gasteiger partial charge on any atom is -0.478 e. The first-order valence-electron chi connectivity index (χ1n) is 7.01. The molecule has 0 fully saturated rings. The van der Waals surface area contributed by atoms with E-state index in [1.807, 2.05) is 0 Å². The molecule has 0 aliphatic rings. The zero-order valence-electron chi connectivity index (χ0n) is 12.5. The zero-order chi connectivity index (χ0) is 18.1. The molecule has 0 aliphatic carbocycles. The number of carboxylic acid groups (broad SMARTS) is 2. The van der Waals surface area contributed by atoms with Crippen molar-refractivity contribution in [3.63, 3.8) is 0 Å². The van der Waals surface area contributed by atoms with Crippen molar-refractivity contribution in [2.24, 2.45) is 0 Å². The molecule has 0 unspecified atom stereocenters. The number of anilines is 2. The third-order valence-corrected chi connectivity index (χ3v) is 4.14. The van der Waals surface area contributed by atoms with Crippen molar-refractivity contribution >= 4 is 58.4 Å². The molecule has 3 N–H and O–H groups in total. The summed E-state index contributed by atoms with van der Waals surface area (Å²) >= 11 is 10.4. The number of nitrogens with zero attached hydrogens (tertiary/aromatic N) is 1. The van der Waals surface area contributed by atoms with Crippen LogP contribution in [0.3, 0.4) is 0 Å². The fraction of sp³-hybridized carbons (Fsp3) is 0. The lowest BCUT2D eigenvalue weighted by Crippen LogP contribution is -2.07. The van der Waals surface area contributed by atoms with Crippen molar-refractivity contribution in [1.29, 1.82) is 0 Å².